The van der Waals surface area contributed by atoms with Crippen LogP contribution in [0.15, 0.2) is 140 Å². The van der Waals surface area contributed by atoms with Crippen molar-refractivity contribution < 1.29 is 5.11 Å². The van der Waals surface area contributed by atoms with Gasteiger partial charge in [-0.2, -0.15) is 0 Å². The quantitative estimate of drug-likeness (QED) is 0.240. The summed E-state index contributed by atoms with van der Waals surface area (Å²) in [5.74, 6) is 0.261. The van der Waals surface area contributed by atoms with E-state index in [9.17, 15) is 5.11 Å². The van der Waals surface area contributed by atoms with Crippen molar-refractivity contribution in [3.05, 3.63) is 151 Å². The maximum atomic E-state index is 9.96. The molecule has 0 spiro atoms. The van der Waals surface area contributed by atoms with Crippen LogP contribution in [0.1, 0.15) is 25.0 Å². The van der Waals surface area contributed by atoms with Gasteiger partial charge in [0.15, 0.2) is 0 Å². The van der Waals surface area contributed by atoms with Crippen molar-refractivity contribution in [2.24, 2.45) is 0 Å². The predicted molar refractivity (Wildman–Crippen MR) is 175 cm³/mol. The molecule has 6 aromatic carbocycles. The van der Waals surface area contributed by atoms with Crippen molar-refractivity contribution in [2.45, 2.75) is 19.3 Å². The number of hydrogen-bond acceptors (Lipinski definition) is 2. The van der Waals surface area contributed by atoms with Crippen molar-refractivity contribution in [1.82, 2.24) is 4.57 Å². The highest BCUT2D eigenvalue weighted by Gasteiger charge is 2.36. The van der Waals surface area contributed by atoms with Crippen LogP contribution in [-0.4, -0.2) is 9.67 Å². The lowest BCUT2D eigenvalue weighted by atomic mass is 9.82. The molecule has 0 aliphatic heterocycles. The average molecular weight is 543 g/mol. The molecule has 0 saturated carbocycles. The molecule has 0 atom stereocenters. The lowest BCUT2D eigenvalue weighted by Crippen LogP contribution is -2.17. The van der Waals surface area contributed by atoms with Crippen molar-refractivity contribution in [2.75, 3.05) is 4.90 Å². The van der Waals surface area contributed by atoms with Gasteiger partial charge in [-0.15, -0.1) is 0 Å². The first-order chi connectivity index (χ1) is 20.5. The second kappa shape index (κ2) is 9.12. The highest BCUT2D eigenvalue weighted by molar-refractivity contribution is 6.09. The van der Waals surface area contributed by atoms with Crippen molar-refractivity contribution in [3.63, 3.8) is 0 Å². The molecule has 202 valence electrons. The van der Waals surface area contributed by atoms with Crippen LogP contribution >= 0.6 is 0 Å². The van der Waals surface area contributed by atoms with E-state index < -0.39 is 0 Å². The molecule has 0 saturated heterocycles. The fourth-order valence-electron chi connectivity index (χ4n) is 6.82. The van der Waals surface area contributed by atoms with E-state index in [-0.39, 0.29) is 11.2 Å². The van der Waals surface area contributed by atoms with E-state index in [1.165, 1.54) is 49.7 Å². The normalized spacial score (nSPS) is 13.3. The Labute approximate surface area is 245 Å². The number of aromatic nitrogens is 1. The molecule has 0 fully saturated rings. The Morgan fingerprint density at radius 1 is 0.524 bits per heavy atom. The number of anilines is 3. The maximum Gasteiger partial charge on any atom is 0.115 e. The first kappa shape index (κ1) is 24.5. The molecule has 1 aliphatic rings. The monoisotopic (exact) mass is 542 g/mol. The van der Waals surface area contributed by atoms with E-state index >= 15 is 0 Å². The van der Waals surface area contributed by atoms with Crippen LogP contribution in [0.2, 0.25) is 0 Å². The third-order valence-electron chi connectivity index (χ3n) is 8.86. The summed E-state index contributed by atoms with van der Waals surface area (Å²) in [5.41, 5.74) is 11.8. The highest BCUT2D eigenvalue weighted by Crippen LogP contribution is 2.51. The molecule has 8 rings (SSSR count). The van der Waals surface area contributed by atoms with Crippen LogP contribution in [0.3, 0.4) is 0 Å². The van der Waals surface area contributed by atoms with E-state index in [4.69, 9.17) is 0 Å². The first-order valence-corrected chi connectivity index (χ1v) is 14.4. The lowest BCUT2D eigenvalue weighted by molar-refractivity contribution is 0.475. The summed E-state index contributed by atoms with van der Waals surface area (Å²) in [6, 6.07) is 49.0. The van der Waals surface area contributed by atoms with Crippen LogP contribution < -0.4 is 4.90 Å². The van der Waals surface area contributed by atoms with Crippen molar-refractivity contribution >= 4 is 38.9 Å². The van der Waals surface area contributed by atoms with Gasteiger partial charge in [-0.3, -0.25) is 0 Å². The lowest BCUT2D eigenvalue weighted by Gasteiger charge is -2.28. The molecule has 1 N–H and O–H groups in total. The van der Waals surface area contributed by atoms with Crippen LogP contribution in [0.4, 0.5) is 17.1 Å². The van der Waals surface area contributed by atoms with Gasteiger partial charge in [0.2, 0.25) is 0 Å². The zero-order valence-corrected chi connectivity index (χ0v) is 23.6. The van der Waals surface area contributed by atoms with Gasteiger partial charge >= 0.3 is 0 Å². The minimum absolute atomic E-state index is 0.188. The number of fused-ring (bicyclic) bond motifs is 6. The second-order valence-corrected chi connectivity index (χ2v) is 11.6. The number of phenolic OH excluding ortho intramolecular Hbond substituents is 1. The van der Waals surface area contributed by atoms with Crippen LogP contribution in [0.5, 0.6) is 5.75 Å². The first-order valence-electron chi connectivity index (χ1n) is 14.4. The molecule has 1 heterocycles. The Morgan fingerprint density at radius 2 is 1.05 bits per heavy atom. The second-order valence-electron chi connectivity index (χ2n) is 11.6. The number of phenols is 1. The molecular weight excluding hydrogens is 512 g/mol. The summed E-state index contributed by atoms with van der Waals surface area (Å²) in [6.07, 6.45) is 0. The number of aromatic hydroxyl groups is 1. The van der Waals surface area contributed by atoms with Crippen LogP contribution in [0.25, 0.3) is 38.6 Å². The van der Waals surface area contributed by atoms with E-state index in [1.54, 1.807) is 12.1 Å². The number of para-hydroxylation sites is 3. The minimum atomic E-state index is -0.188. The number of rotatable bonds is 4. The van der Waals surface area contributed by atoms with E-state index in [1.807, 2.05) is 18.2 Å². The zero-order valence-electron chi connectivity index (χ0n) is 23.6. The molecule has 0 amide bonds. The van der Waals surface area contributed by atoms with Gasteiger partial charge in [0, 0.05) is 38.9 Å². The topological polar surface area (TPSA) is 28.4 Å². The summed E-state index contributed by atoms with van der Waals surface area (Å²) in [5, 5.41) is 12.5. The molecule has 42 heavy (non-hydrogen) atoms. The van der Waals surface area contributed by atoms with E-state index in [2.05, 4.69) is 133 Å². The molecule has 0 unspecified atom stereocenters. The van der Waals surface area contributed by atoms with Crippen LogP contribution in [-0.2, 0) is 5.41 Å². The van der Waals surface area contributed by atoms with Gasteiger partial charge in [0.25, 0.3) is 0 Å². The predicted octanol–water partition coefficient (Wildman–Crippen LogP) is 10.3. The van der Waals surface area contributed by atoms with Crippen LogP contribution in [0, 0.1) is 0 Å². The number of hydrogen-bond donors (Lipinski definition) is 1. The standard InChI is InChI=1S/C39H30N2O/c1-39(2)35-24-28(40(26-10-4-3-5-11-26)27-16-20-30(42)21-17-27)18-22-31(35)32-23-19-29(25-36(32)39)41-37-14-8-6-12-33(37)34-13-7-9-15-38(34)41/h3-25,42H,1-2H3. The zero-order chi connectivity index (χ0) is 28.4. The summed E-state index contributed by atoms with van der Waals surface area (Å²) in [4.78, 5) is 2.25. The summed E-state index contributed by atoms with van der Waals surface area (Å²) in [6.45, 7) is 4.68. The van der Waals surface area contributed by atoms with E-state index in [0.29, 0.717) is 0 Å². The van der Waals surface area contributed by atoms with Gasteiger partial charge < -0.3 is 14.6 Å². The fraction of sp³-hybridized carbons (Fsp3) is 0.0769. The Hall–Kier alpha value is -5.28. The molecule has 3 heteroatoms. The van der Waals surface area contributed by atoms with Gasteiger partial charge in [-0.25, -0.2) is 0 Å². The van der Waals surface area contributed by atoms with Crippen molar-refractivity contribution in [1.29, 1.82) is 0 Å². The molecule has 0 radical (unpaired) electrons. The Kier molecular flexibility index (Phi) is 5.32. The Bertz CT molecular complexity index is 2070. The highest BCUT2D eigenvalue weighted by atomic mass is 16.3. The summed E-state index contributed by atoms with van der Waals surface area (Å²) in [7, 11) is 0. The van der Waals surface area contributed by atoms with Gasteiger partial charge in [-0.1, -0.05) is 80.6 Å². The number of nitrogens with zero attached hydrogens (tertiary/aromatic N) is 2. The Balaban J connectivity index is 1.28. The largest absolute Gasteiger partial charge is 0.508 e. The maximum absolute atomic E-state index is 9.96. The molecule has 7 aromatic rings. The van der Waals surface area contributed by atoms with E-state index in [0.717, 1.165) is 17.1 Å². The van der Waals surface area contributed by atoms with Gasteiger partial charge in [0.05, 0.1) is 11.0 Å². The minimum Gasteiger partial charge on any atom is -0.508 e. The number of benzene rings is 6. The molecule has 1 aromatic heterocycles. The van der Waals surface area contributed by atoms with Crippen molar-refractivity contribution in [3.8, 4) is 22.6 Å². The third kappa shape index (κ3) is 3.60. The van der Waals surface area contributed by atoms with Gasteiger partial charge in [-0.05, 0) is 95.1 Å². The smallest absolute Gasteiger partial charge is 0.115 e. The average Bonchev–Trinajstić information content (AvgIpc) is 3.47. The molecule has 1 aliphatic carbocycles. The molecule has 0 bridgehead atoms. The molecule has 3 nitrogen and oxygen atoms in total. The summed E-state index contributed by atoms with van der Waals surface area (Å²) < 4.78 is 2.40. The van der Waals surface area contributed by atoms with Gasteiger partial charge in [0.1, 0.15) is 5.75 Å². The molecular formula is C39H30N2O. The fourth-order valence-corrected chi connectivity index (χ4v) is 6.82. The summed E-state index contributed by atoms with van der Waals surface area (Å²) >= 11 is 0. The SMILES string of the molecule is CC1(C)c2cc(N(c3ccccc3)c3ccc(O)cc3)ccc2-c2ccc(-n3c4ccccc4c4ccccc43)cc21. The third-order valence-corrected chi connectivity index (χ3v) is 8.86. The Morgan fingerprint density at radius 3 is 1.71 bits per heavy atom.